The number of nitrogens with zero attached hydrogens (tertiary/aromatic N) is 4. The van der Waals surface area contributed by atoms with Gasteiger partial charge < -0.3 is 15.0 Å². The Morgan fingerprint density at radius 1 is 1.22 bits per heavy atom. The fourth-order valence-electron chi connectivity index (χ4n) is 5.40. The molecule has 3 amide bonds. The first-order valence-electron chi connectivity index (χ1n) is 12.9. The van der Waals surface area contributed by atoms with Crippen LogP contribution in [0.25, 0.3) is 0 Å². The van der Waals surface area contributed by atoms with Crippen LogP contribution in [0.4, 0.5) is 21.1 Å². The number of halogens is 1. The first-order chi connectivity index (χ1) is 17.2. The molecule has 1 N–H and O–H groups in total. The zero-order chi connectivity index (χ0) is 27.3. The van der Waals surface area contributed by atoms with Crippen LogP contribution in [0.3, 0.4) is 0 Å². The van der Waals surface area contributed by atoms with Crippen LogP contribution in [0.1, 0.15) is 71.1 Å². The van der Waals surface area contributed by atoms with Gasteiger partial charge in [-0.2, -0.15) is 0 Å². The van der Waals surface area contributed by atoms with Gasteiger partial charge >= 0.3 is 12.1 Å². The van der Waals surface area contributed by atoms with E-state index in [1.54, 1.807) is 15.9 Å². The largest absolute Gasteiger partial charge is 0.444 e. The number of amides is 3. The van der Waals surface area contributed by atoms with E-state index in [0.29, 0.717) is 30.6 Å². The van der Waals surface area contributed by atoms with Crippen LogP contribution >= 0.6 is 11.6 Å². The minimum Gasteiger partial charge on any atom is -0.444 e. The van der Waals surface area contributed by atoms with Crippen LogP contribution in [0.5, 0.6) is 0 Å². The molecule has 200 valence electrons. The monoisotopic (exact) mass is 527 g/mol. The van der Waals surface area contributed by atoms with Gasteiger partial charge in [0, 0.05) is 31.2 Å². The molecule has 0 bridgehead atoms. The Labute approximate surface area is 224 Å². The summed E-state index contributed by atoms with van der Waals surface area (Å²) >= 11 is 6.39. The molecule has 9 heteroatoms. The van der Waals surface area contributed by atoms with Gasteiger partial charge in [0.15, 0.2) is 0 Å². The van der Waals surface area contributed by atoms with Gasteiger partial charge in [0.1, 0.15) is 22.2 Å². The number of hydrogen-bond acceptors (Lipinski definition) is 5. The SMILES string of the molecule is Cc1cccc(C(C)C)c1N1C(=O)NC(C)(N2CCN(C(=O)OC(C)(C)C)C[C@@H]2C)c2ccc(Cl)nc21. The molecule has 3 heterocycles. The molecule has 1 aromatic heterocycles. The van der Waals surface area contributed by atoms with Gasteiger partial charge in [0.05, 0.1) is 5.69 Å². The summed E-state index contributed by atoms with van der Waals surface area (Å²) in [6.45, 7) is 17.4. The van der Waals surface area contributed by atoms with E-state index in [1.807, 2.05) is 52.8 Å². The van der Waals surface area contributed by atoms with Gasteiger partial charge in [-0.05, 0) is 70.7 Å². The van der Waals surface area contributed by atoms with E-state index in [9.17, 15) is 9.59 Å². The number of anilines is 2. The summed E-state index contributed by atoms with van der Waals surface area (Å²) in [7, 11) is 0. The second kappa shape index (κ2) is 9.80. The smallest absolute Gasteiger partial charge is 0.410 e. The van der Waals surface area contributed by atoms with E-state index in [4.69, 9.17) is 16.3 Å². The molecule has 0 spiro atoms. The molecule has 2 aliphatic rings. The van der Waals surface area contributed by atoms with Gasteiger partial charge in [-0.15, -0.1) is 0 Å². The molecule has 2 aromatic rings. The Morgan fingerprint density at radius 2 is 1.92 bits per heavy atom. The van der Waals surface area contributed by atoms with Crippen LogP contribution in [-0.4, -0.2) is 58.2 Å². The maximum Gasteiger partial charge on any atom is 0.410 e. The number of para-hydroxylation sites is 1. The fraction of sp³-hybridized carbons (Fsp3) is 0.536. The first kappa shape index (κ1) is 27.2. The van der Waals surface area contributed by atoms with Crippen LogP contribution in [0.2, 0.25) is 5.15 Å². The number of urea groups is 1. The molecule has 0 aliphatic carbocycles. The molecule has 8 nitrogen and oxygen atoms in total. The predicted molar refractivity (Wildman–Crippen MR) is 147 cm³/mol. The molecule has 1 fully saturated rings. The number of fused-ring (bicyclic) bond motifs is 1. The lowest BCUT2D eigenvalue weighted by molar-refractivity contribution is -0.0303. The third-order valence-corrected chi connectivity index (χ3v) is 7.31. The van der Waals surface area contributed by atoms with Crippen molar-refractivity contribution in [2.75, 3.05) is 24.5 Å². The minimum absolute atomic E-state index is 0.0497. The molecule has 1 aromatic carbocycles. The third kappa shape index (κ3) is 5.14. The van der Waals surface area contributed by atoms with E-state index in [0.717, 1.165) is 22.4 Å². The second-order valence-electron chi connectivity index (χ2n) is 11.5. The molecule has 2 aliphatic heterocycles. The van der Waals surface area contributed by atoms with E-state index in [1.165, 1.54) is 0 Å². The lowest BCUT2D eigenvalue weighted by Crippen LogP contribution is -2.68. The van der Waals surface area contributed by atoms with Crippen molar-refractivity contribution in [2.45, 2.75) is 78.6 Å². The number of carbonyl (C=O) groups excluding carboxylic acids is 2. The summed E-state index contributed by atoms with van der Waals surface area (Å²) in [6.07, 6.45) is -0.322. The minimum atomic E-state index is -0.847. The highest BCUT2D eigenvalue weighted by Gasteiger charge is 2.48. The Morgan fingerprint density at radius 3 is 2.54 bits per heavy atom. The van der Waals surface area contributed by atoms with Crippen molar-refractivity contribution in [1.29, 1.82) is 0 Å². The lowest BCUT2D eigenvalue weighted by Gasteiger charge is -2.52. The van der Waals surface area contributed by atoms with Gasteiger partial charge in [-0.1, -0.05) is 43.6 Å². The number of ether oxygens (including phenoxy) is 1. The van der Waals surface area contributed by atoms with E-state index >= 15 is 0 Å². The van der Waals surface area contributed by atoms with Crippen molar-refractivity contribution in [2.24, 2.45) is 0 Å². The molecular weight excluding hydrogens is 490 g/mol. The van der Waals surface area contributed by atoms with E-state index in [2.05, 4.69) is 42.0 Å². The van der Waals surface area contributed by atoms with Crippen molar-refractivity contribution in [3.05, 3.63) is 52.2 Å². The first-order valence-corrected chi connectivity index (χ1v) is 13.2. The standard InChI is InChI=1S/C28H38ClN5O3/c1-17(2)20-11-9-10-18(3)23(20)34-24-21(12-13-22(29)30-24)28(8,31-25(34)35)33-15-14-32(16-19(33)4)26(36)37-27(5,6)7/h9-13,17,19H,14-16H2,1-8H3,(H,31,35)/t19-,28?/m0/s1. The average molecular weight is 528 g/mol. The molecule has 0 radical (unpaired) electrons. The number of rotatable bonds is 3. The average Bonchev–Trinajstić information content (AvgIpc) is 2.78. The maximum atomic E-state index is 13.9. The highest BCUT2D eigenvalue weighted by atomic mass is 35.5. The van der Waals surface area contributed by atoms with E-state index < -0.39 is 11.3 Å². The summed E-state index contributed by atoms with van der Waals surface area (Å²) in [5, 5.41) is 3.61. The van der Waals surface area contributed by atoms with Gasteiger partial charge in [-0.3, -0.25) is 4.90 Å². The van der Waals surface area contributed by atoms with Crippen molar-refractivity contribution in [3.63, 3.8) is 0 Å². The predicted octanol–water partition coefficient (Wildman–Crippen LogP) is 6.14. The topological polar surface area (TPSA) is 78.0 Å². The number of carbonyl (C=O) groups is 2. The van der Waals surface area contributed by atoms with E-state index in [-0.39, 0.29) is 24.1 Å². The normalized spacial score (nSPS) is 22.6. The lowest BCUT2D eigenvalue weighted by atomic mass is 9.92. The van der Waals surface area contributed by atoms with Crippen LogP contribution < -0.4 is 10.2 Å². The summed E-state index contributed by atoms with van der Waals surface area (Å²) in [5.41, 5.74) is 2.32. The summed E-state index contributed by atoms with van der Waals surface area (Å²) in [6, 6.07) is 9.46. The number of piperazine rings is 1. The van der Waals surface area contributed by atoms with Gasteiger partial charge in [0.25, 0.3) is 0 Å². The quantitative estimate of drug-likeness (QED) is 0.485. The van der Waals surface area contributed by atoms with Crippen molar-refractivity contribution >= 4 is 35.2 Å². The molecule has 37 heavy (non-hydrogen) atoms. The molecule has 2 atom stereocenters. The second-order valence-corrected chi connectivity index (χ2v) is 11.9. The highest BCUT2D eigenvalue weighted by Crippen LogP contribution is 2.44. The van der Waals surface area contributed by atoms with Crippen molar-refractivity contribution in [3.8, 4) is 0 Å². The summed E-state index contributed by atoms with van der Waals surface area (Å²) in [4.78, 5) is 36.9. The number of nitrogens with one attached hydrogen (secondary N) is 1. The zero-order valence-electron chi connectivity index (χ0n) is 23.1. The number of benzene rings is 1. The number of hydrogen-bond donors (Lipinski definition) is 1. The molecular formula is C28H38ClN5O3. The zero-order valence-corrected chi connectivity index (χ0v) is 23.8. The summed E-state index contributed by atoms with van der Waals surface area (Å²) in [5.74, 6) is 0.733. The Bertz CT molecular complexity index is 1210. The van der Waals surface area contributed by atoms with Gasteiger partial charge in [0.2, 0.25) is 0 Å². The molecule has 0 saturated carbocycles. The molecule has 1 saturated heterocycles. The molecule has 4 rings (SSSR count). The summed E-state index contributed by atoms with van der Waals surface area (Å²) < 4.78 is 5.59. The number of aryl methyl sites for hydroxylation is 1. The van der Waals surface area contributed by atoms with Crippen LogP contribution in [-0.2, 0) is 10.4 Å². The highest BCUT2D eigenvalue weighted by molar-refractivity contribution is 6.29. The van der Waals surface area contributed by atoms with Crippen LogP contribution in [0.15, 0.2) is 30.3 Å². The number of pyridine rings is 1. The van der Waals surface area contributed by atoms with Crippen molar-refractivity contribution < 1.29 is 14.3 Å². The Hall–Kier alpha value is -2.84. The number of aromatic nitrogens is 1. The molecule has 1 unspecified atom stereocenters. The Kier molecular flexibility index (Phi) is 7.20. The fourth-order valence-corrected chi connectivity index (χ4v) is 5.55. The van der Waals surface area contributed by atoms with Gasteiger partial charge in [-0.25, -0.2) is 19.5 Å². The van der Waals surface area contributed by atoms with Crippen LogP contribution in [0, 0.1) is 6.92 Å². The Balaban J connectivity index is 1.73. The van der Waals surface area contributed by atoms with Crippen molar-refractivity contribution in [1.82, 2.24) is 20.1 Å². The maximum absolute atomic E-state index is 13.9. The third-order valence-electron chi connectivity index (χ3n) is 7.10.